The first-order valence-corrected chi connectivity index (χ1v) is 7.84. The smallest absolute Gasteiger partial charge is 0.242 e. The van der Waals surface area contributed by atoms with E-state index < -0.39 is 8.32 Å². The van der Waals surface area contributed by atoms with Crippen LogP contribution in [0.2, 0.25) is 19.6 Å². The quantitative estimate of drug-likeness (QED) is 0.582. The van der Waals surface area contributed by atoms with Crippen molar-refractivity contribution in [2.45, 2.75) is 26.6 Å². The largest absolute Gasteiger partial charge is 0.544 e. The molecule has 0 saturated carbocycles. The first kappa shape index (κ1) is 10.1. The molecule has 2 N–H and O–H groups in total. The van der Waals surface area contributed by atoms with E-state index in [4.69, 9.17) is 10.2 Å². The maximum absolute atomic E-state index is 5.80. The molecule has 0 atom stereocenters. The van der Waals surface area contributed by atoms with Gasteiger partial charge in [0.1, 0.15) is 5.75 Å². The Morgan fingerprint density at radius 1 is 1.23 bits per heavy atom. The molecule has 0 bridgehead atoms. The van der Waals surface area contributed by atoms with Crippen molar-refractivity contribution in [1.29, 1.82) is 0 Å². The summed E-state index contributed by atoms with van der Waals surface area (Å²) in [6.07, 6.45) is 0. The first-order chi connectivity index (χ1) is 5.88. The van der Waals surface area contributed by atoms with E-state index in [0.717, 1.165) is 17.0 Å². The van der Waals surface area contributed by atoms with Crippen LogP contribution in [0.25, 0.3) is 0 Å². The van der Waals surface area contributed by atoms with E-state index in [1.165, 1.54) is 0 Å². The van der Waals surface area contributed by atoms with Crippen molar-refractivity contribution in [2.24, 2.45) is 0 Å². The Bertz CT molecular complexity index is 304. The summed E-state index contributed by atoms with van der Waals surface area (Å²) in [5.41, 5.74) is 7.68. The third kappa shape index (κ3) is 3.11. The highest BCUT2D eigenvalue weighted by Gasteiger charge is 2.16. The molecule has 0 spiro atoms. The van der Waals surface area contributed by atoms with Crippen LogP contribution in [0.15, 0.2) is 18.2 Å². The maximum atomic E-state index is 5.80. The van der Waals surface area contributed by atoms with Crippen LogP contribution in [0.3, 0.4) is 0 Å². The second-order valence-corrected chi connectivity index (χ2v) is 8.66. The lowest BCUT2D eigenvalue weighted by molar-refractivity contribution is 0.558. The van der Waals surface area contributed by atoms with Crippen LogP contribution in [-0.2, 0) is 0 Å². The standard InChI is InChI=1S/C10H17NOSi/c1-8-5-6-9(7-10(8)11)12-13(2,3)4/h5-7H,11H2,1-4H3. The molecule has 0 saturated heterocycles. The number of hydrogen-bond acceptors (Lipinski definition) is 2. The van der Waals surface area contributed by atoms with Gasteiger partial charge >= 0.3 is 0 Å². The van der Waals surface area contributed by atoms with Gasteiger partial charge in [0.25, 0.3) is 0 Å². The number of rotatable bonds is 2. The van der Waals surface area contributed by atoms with Crippen LogP contribution in [0, 0.1) is 6.92 Å². The lowest BCUT2D eigenvalue weighted by Gasteiger charge is -2.19. The van der Waals surface area contributed by atoms with Gasteiger partial charge in [0, 0.05) is 11.8 Å². The lowest BCUT2D eigenvalue weighted by atomic mass is 10.2. The van der Waals surface area contributed by atoms with E-state index in [9.17, 15) is 0 Å². The molecule has 0 heterocycles. The van der Waals surface area contributed by atoms with E-state index >= 15 is 0 Å². The summed E-state index contributed by atoms with van der Waals surface area (Å²) in [5, 5.41) is 0. The van der Waals surface area contributed by atoms with E-state index in [1.807, 2.05) is 25.1 Å². The molecule has 1 aromatic carbocycles. The molecule has 13 heavy (non-hydrogen) atoms. The summed E-state index contributed by atoms with van der Waals surface area (Å²) in [7, 11) is -1.49. The van der Waals surface area contributed by atoms with Crippen LogP contribution in [-0.4, -0.2) is 8.32 Å². The molecule has 1 rings (SSSR count). The van der Waals surface area contributed by atoms with Crippen molar-refractivity contribution in [2.75, 3.05) is 5.73 Å². The van der Waals surface area contributed by atoms with Crippen molar-refractivity contribution in [3.8, 4) is 5.75 Å². The van der Waals surface area contributed by atoms with E-state index in [0.29, 0.717) is 0 Å². The molecule has 0 radical (unpaired) electrons. The van der Waals surface area contributed by atoms with E-state index in [1.54, 1.807) is 0 Å². The van der Waals surface area contributed by atoms with Crippen LogP contribution in [0.4, 0.5) is 5.69 Å². The Labute approximate surface area is 80.8 Å². The number of benzene rings is 1. The van der Waals surface area contributed by atoms with Gasteiger partial charge < -0.3 is 10.2 Å². The molecule has 2 nitrogen and oxygen atoms in total. The minimum atomic E-state index is -1.49. The van der Waals surface area contributed by atoms with Crippen molar-refractivity contribution < 1.29 is 4.43 Å². The van der Waals surface area contributed by atoms with Crippen LogP contribution >= 0.6 is 0 Å². The van der Waals surface area contributed by atoms with E-state index in [-0.39, 0.29) is 0 Å². The third-order valence-corrected chi connectivity index (χ3v) is 2.52. The monoisotopic (exact) mass is 195 g/mol. The van der Waals surface area contributed by atoms with Gasteiger partial charge in [-0.15, -0.1) is 0 Å². The van der Waals surface area contributed by atoms with Crippen LogP contribution in [0.5, 0.6) is 5.75 Å². The summed E-state index contributed by atoms with van der Waals surface area (Å²) in [4.78, 5) is 0. The van der Waals surface area contributed by atoms with E-state index in [2.05, 4.69) is 19.6 Å². The normalized spacial score (nSPS) is 11.4. The maximum Gasteiger partial charge on any atom is 0.242 e. The predicted molar refractivity (Wildman–Crippen MR) is 59.6 cm³/mol. The average Bonchev–Trinajstić information content (AvgIpc) is 1.94. The van der Waals surface area contributed by atoms with Gasteiger partial charge in [-0.2, -0.15) is 0 Å². The lowest BCUT2D eigenvalue weighted by Crippen LogP contribution is -2.29. The number of anilines is 1. The number of aryl methyl sites for hydroxylation is 1. The highest BCUT2D eigenvalue weighted by Crippen LogP contribution is 2.21. The van der Waals surface area contributed by atoms with Gasteiger partial charge in [-0.1, -0.05) is 6.07 Å². The molecule has 3 heteroatoms. The molecule has 1 aromatic rings. The van der Waals surface area contributed by atoms with Gasteiger partial charge in [-0.3, -0.25) is 0 Å². The Kier molecular flexibility index (Phi) is 2.66. The minimum Gasteiger partial charge on any atom is -0.544 e. The van der Waals surface area contributed by atoms with Gasteiger partial charge in [-0.05, 0) is 38.2 Å². The number of nitrogen functional groups attached to an aromatic ring is 1. The summed E-state index contributed by atoms with van der Waals surface area (Å²) in [6.45, 7) is 8.46. The summed E-state index contributed by atoms with van der Waals surface area (Å²) >= 11 is 0. The zero-order chi connectivity index (χ0) is 10.1. The molecule has 0 aliphatic heterocycles. The third-order valence-electron chi connectivity index (χ3n) is 1.67. The second kappa shape index (κ2) is 3.42. The minimum absolute atomic E-state index is 0.802. The van der Waals surface area contributed by atoms with Gasteiger partial charge in [0.05, 0.1) is 0 Å². The molecule has 0 aromatic heterocycles. The highest BCUT2D eigenvalue weighted by atomic mass is 28.4. The van der Waals surface area contributed by atoms with Crippen LogP contribution in [0.1, 0.15) is 5.56 Å². The number of nitrogens with two attached hydrogens (primary N) is 1. The summed E-state index contributed by atoms with van der Waals surface area (Å²) in [5.74, 6) is 0.891. The molecule has 0 fully saturated rings. The zero-order valence-electron chi connectivity index (χ0n) is 8.72. The van der Waals surface area contributed by atoms with Crippen molar-refractivity contribution in [1.82, 2.24) is 0 Å². The summed E-state index contributed by atoms with van der Waals surface area (Å²) in [6, 6.07) is 5.86. The Balaban J connectivity index is 2.86. The molecular weight excluding hydrogens is 178 g/mol. The number of hydrogen-bond donors (Lipinski definition) is 1. The van der Waals surface area contributed by atoms with Gasteiger partial charge in [-0.25, -0.2) is 0 Å². The second-order valence-electron chi connectivity index (χ2n) is 4.23. The first-order valence-electron chi connectivity index (χ1n) is 4.43. The van der Waals surface area contributed by atoms with Crippen molar-refractivity contribution >= 4 is 14.0 Å². The van der Waals surface area contributed by atoms with Crippen molar-refractivity contribution in [3.05, 3.63) is 23.8 Å². The molecule has 0 unspecified atom stereocenters. The molecular formula is C10H17NOSi. The predicted octanol–water partition coefficient (Wildman–Crippen LogP) is 2.79. The molecule has 0 aliphatic carbocycles. The Morgan fingerprint density at radius 2 is 1.85 bits per heavy atom. The molecule has 72 valence electrons. The zero-order valence-corrected chi connectivity index (χ0v) is 9.72. The van der Waals surface area contributed by atoms with Crippen LogP contribution < -0.4 is 10.2 Å². The fourth-order valence-electron chi connectivity index (χ4n) is 1.04. The fourth-order valence-corrected chi connectivity index (χ4v) is 1.87. The Hall–Kier alpha value is -0.963. The molecule has 0 amide bonds. The van der Waals surface area contributed by atoms with Gasteiger partial charge in [0.2, 0.25) is 8.32 Å². The van der Waals surface area contributed by atoms with Gasteiger partial charge in [0.15, 0.2) is 0 Å². The molecule has 0 aliphatic rings. The summed E-state index contributed by atoms with van der Waals surface area (Å²) < 4.78 is 5.80. The topological polar surface area (TPSA) is 35.2 Å². The highest BCUT2D eigenvalue weighted by molar-refractivity contribution is 6.70. The average molecular weight is 195 g/mol. The Morgan fingerprint density at radius 3 is 2.31 bits per heavy atom. The fraction of sp³-hybridized carbons (Fsp3) is 0.400. The van der Waals surface area contributed by atoms with Crippen molar-refractivity contribution in [3.63, 3.8) is 0 Å². The SMILES string of the molecule is Cc1ccc(O[Si](C)(C)C)cc1N.